The van der Waals surface area contributed by atoms with Gasteiger partial charge in [0.2, 0.25) is 5.75 Å². The van der Waals surface area contributed by atoms with Crippen molar-refractivity contribution in [3.8, 4) is 29.1 Å². The largest absolute Gasteiger partial charge is 0.493 e. The Kier molecular flexibility index (Phi) is 6.30. The monoisotopic (exact) mass is 351 g/mol. The Hall–Kier alpha value is -2.93. The second kappa shape index (κ2) is 8.44. The van der Waals surface area contributed by atoms with Crippen LogP contribution < -0.4 is 14.2 Å². The third-order valence-corrected chi connectivity index (χ3v) is 3.56. The summed E-state index contributed by atoms with van der Waals surface area (Å²) in [6.45, 7) is 6.19. The maximum atomic E-state index is 5.38. The number of benzene rings is 2. The molecule has 0 amide bonds. The molecule has 0 heterocycles. The third-order valence-electron chi connectivity index (χ3n) is 3.56. The topological polar surface area (TPSA) is 40.0 Å². The van der Waals surface area contributed by atoms with Gasteiger partial charge >= 0.3 is 0 Å². The summed E-state index contributed by atoms with van der Waals surface area (Å²) in [5.74, 6) is 8.10. The van der Waals surface area contributed by atoms with Crippen LogP contribution in [-0.4, -0.2) is 33.1 Å². The van der Waals surface area contributed by atoms with Gasteiger partial charge in [0.1, 0.15) is 0 Å². The van der Waals surface area contributed by atoms with Crippen LogP contribution in [0.4, 0.5) is 0 Å². The minimum Gasteiger partial charge on any atom is -0.493 e. The van der Waals surface area contributed by atoms with Crippen molar-refractivity contribution in [1.29, 1.82) is 0 Å². The van der Waals surface area contributed by atoms with Crippen molar-refractivity contribution in [3.05, 3.63) is 53.1 Å². The Balaban J connectivity index is 2.43. The van der Waals surface area contributed by atoms with Gasteiger partial charge in [-0.2, -0.15) is 0 Å². The summed E-state index contributed by atoms with van der Waals surface area (Å²) in [5.41, 5.74) is 2.55. The van der Waals surface area contributed by atoms with E-state index in [4.69, 9.17) is 14.2 Å². The minimum absolute atomic E-state index is 0.128. The van der Waals surface area contributed by atoms with E-state index in [1.807, 2.05) is 42.6 Å². The van der Waals surface area contributed by atoms with Gasteiger partial charge in [-0.05, 0) is 39.0 Å². The number of rotatable bonds is 4. The predicted molar refractivity (Wildman–Crippen MR) is 106 cm³/mol. The highest BCUT2D eigenvalue weighted by Crippen LogP contribution is 2.37. The minimum atomic E-state index is -0.128. The fraction of sp³-hybridized carbons (Fsp3) is 0.318. The number of hydrogen-bond donors (Lipinski definition) is 0. The van der Waals surface area contributed by atoms with Crippen molar-refractivity contribution in [2.24, 2.45) is 4.99 Å². The molecule has 0 aromatic heterocycles. The van der Waals surface area contributed by atoms with Crippen LogP contribution in [-0.2, 0) is 0 Å². The van der Waals surface area contributed by atoms with Gasteiger partial charge in [-0.25, -0.2) is 0 Å². The summed E-state index contributed by atoms with van der Waals surface area (Å²) in [4.78, 5) is 4.57. The summed E-state index contributed by atoms with van der Waals surface area (Å²) >= 11 is 0. The fourth-order valence-corrected chi connectivity index (χ4v) is 2.28. The van der Waals surface area contributed by atoms with Crippen molar-refractivity contribution >= 4 is 6.21 Å². The van der Waals surface area contributed by atoms with Crippen LogP contribution in [0.3, 0.4) is 0 Å². The molecule has 0 atom stereocenters. The molecule has 0 aliphatic carbocycles. The zero-order valence-electron chi connectivity index (χ0n) is 16.2. The quantitative estimate of drug-likeness (QED) is 0.608. The van der Waals surface area contributed by atoms with Gasteiger partial charge in [0.25, 0.3) is 0 Å². The van der Waals surface area contributed by atoms with E-state index in [1.165, 1.54) is 0 Å². The number of aliphatic imine (C=N–C) groups is 1. The molecule has 2 aromatic rings. The van der Waals surface area contributed by atoms with E-state index in [0.29, 0.717) is 17.2 Å². The Morgan fingerprint density at radius 2 is 1.50 bits per heavy atom. The van der Waals surface area contributed by atoms with Gasteiger partial charge in [0.15, 0.2) is 11.5 Å². The molecule has 0 radical (unpaired) electrons. The lowest BCUT2D eigenvalue weighted by Crippen LogP contribution is -2.09. The smallest absolute Gasteiger partial charge is 0.203 e. The third kappa shape index (κ3) is 5.03. The van der Waals surface area contributed by atoms with Gasteiger partial charge in [0.05, 0.1) is 26.9 Å². The lowest BCUT2D eigenvalue weighted by atomic mass is 10.1. The summed E-state index contributed by atoms with van der Waals surface area (Å²) < 4.78 is 16.1. The molecule has 4 heteroatoms. The van der Waals surface area contributed by atoms with Crippen LogP contribution in [0.1, 0.15) is 37.5 Å². The van der Waals surface area contributed by atoms with Crippen LogP contribution in [0.25, 0.3) is 0 Å². The zero-order chi connectivity index (χ0) is 19.2. The second-order valence-corrected chi connectivity index (χ2v) is 6.68. The highest BCUT2D eigenvalue weighted by Gasteiger charge is 2.12. The molecular weight excluding hydrogens is 326 g/mol. The van der Waals surface area contributed by atoms with E-state index < -0.39 is 0 Å². The summed E-state index contributed by atoms with van der Waals surface area (Å²) in [6.07, 6.45) is 1.87. The molecule has 136 valence electrons. The molecule has 26 heavy (non-hydrogen) atoms. The van der Waals surface area contributed by atoms with Crippen molar-refractivity contribution in [3.63, 3.8) is 0 Å². The molecule has 4 nitrogen and oxygen atoms in total. The Labute approximate surface area is 155 Å². The standard InChI is InChI=1S/C22H25NO3/c1-22(2,3)23-15-18-10-8-7-9-17(18)12-11-16-13-19(24-4)21(26-6)20(14-16)25-5/h7-10,13-15H,1-6H3. The van der Waals surface area contributed by atoms with E-state index in [-0.39, 0.29) is 5.54 Å². The highest BCUT2D eigenvalue weighted by molar-refractivity contribution is 5.84. The average Bonchev–Trinajstić information content (AvgIpc) is 2.63. The van der Waals surface area contributed by atoms with Crippen molar-refractivity contribution in [2.75, 3.05) is 21.3 Å². The van der Waals surface area contributed by atoms with Gasteiger partial charge in [-0.1, -0.05) is 30.0 Å². The van der Waals surface area contributed by atoms with Crippen molar-refractivity contribution in [1.82, 2.24) is 0 Å². The fourth-order valence-electron chi connectivity index (χ4n) is 2.28. The molecule has 0 bridgehead atoms. The summed E-state index contributed by atoms with van der Waals surface area (Å²) in [5, 5.41) is 0. The number of hydrogen-bond acceptors (Lipinski definition) is 4. The van der Waals surface area contributed by atoms with E-state index in [1.54, 1.807) is 21.3 Å². The summed E-state index contributed by atoms with van der Waals surface area (Å²) in [7, 11) is 4.76. The van der Waals surface area contributed by atoms with Crippen LogP contribution in [0.15, 0.2) is 41.4 Å². The Morgan fingerprint density at radius 3 is 2.04 bits per heavy atom. The second-order valence-electron chi connectivity index (χ2n) is 6.68. The first-order valence-corrected chi connectivity index (χ1v) is 8.34. The van der Waals surface area contributed by atoms with E-state index in [0.717, 1.165) is 16.7 Å². The van der Waals surface area contributed by atoms with E-state index in [2.05, 4.69) is 37.6 Å². The van der Waals surface area contributed by atoms with Gasteiger partial charge in [-0.3, -0.25) is 4.99 Å². The molecule has 0 saturated heterocycles. The number of ether oxygens (including phenoxy) is 3. The molecule has 0 aliphatic heterocycles. The van der Waals surface area contributed by atoms with Crippen molar-refractivity contribution in [2.45, 2.75) is 26.3 Å². The molecule has 2 aromatic carbocycles. The average molecular weight is 351 g/mol. The van der Waals surface area contributed by atoms with Crippen LogP contribution in [0, 0.1) is 11.8 Å². The number of nitrogens with zero attached hydrogens (tertiary/aromatic N) is 1. The normalized spacial score (nSPS) is 11.0. The Bertz CT molecular complexity index is 827. The van der Waals surface area contributed by atoms with Gasteiger partial charge < -0.3 is 14.2 Å². The molecule has 0 fully saturated rings. The predicted octanol–water partition coefficient (Wildman–Crippen LogP) is 4.33. The zero-order valence-corrected chi connectivity index (χ0v) is 16.2. The van der Waals surface area contributed by atoms with Crippen molar-refractivity contribution < 1.29 is 14.2 Å². The molecule has 2 rings (SSSR count). The van der Waals surface area contributed by atoms with Crippen LogP contribution in [0.5, 0.6) is 17.2 Å². The highest BCUT2D eigenvalue weighted by atomic mass is 16.5. The number of methoxy groups -OCH3 is 3. The maximum Gasteiger partial charge on any atom is 0.203 e. The lowest BCUT2D eigenvalue weighted by molar-refractivity contribution is 0.324. The molecule has 0 aliphatic rings. The maximum absolute atomic E-state index is 5.38. The van der Waals surface area contributed by atoms with E-state index >= 15 is 0 Å². The molecule has 0 saturated carbocycles. The van der Waals surface area contributed by atoms with Gasteiger partial charge in [-0.15, -0.1) is 0 Å². The molecular formula is C22H25NO3. The van der Waals surface area contributed by atoms with Gasteiger partial charge in [0, 0.05) is 22.9 Å². The molecule has 0 unspecified atom stereocenters. The Morgan fingerprint density at radius 1 is 0.885 bits per heavy atom. The van der Waals surface area contributed by atoms with Crippen LogP contribution >= 0.6 is 0 Å². The molecule has 0 spiro atoms. The SMILES string of the molecule is COc1cc(C#Cc2ccccc2C=NC(C)(C)C)cc(OC)c1OC. The molecule has 0 N–H and O–H groups in total. The first kappa shape index (κ1) is 19.4. The van der Waals surface area contributed by atoms with Crippen LogP contribution in [0.2, 0.25) is 0 Å². The first-order chi connectivity index (χ1) is 12.4. The first-order valence-electron chi connectivity index (χ1n) is 8.34. The summed E-state index contributed by atoms with van der Waals surface area (Å²) in [6, 6.07) is 11.6. The van der Waals surface area contributed by atoms with E-state index in [9.17, 15) is 0 Å². The lowest BCUT2D eigenvalue weighted by Gasteiger charge is -2.12.